The van der Waals surface area contributed by atoms with E-state index in [-0.39, 0.29) is 0 Å². The highest BCUT2D eigenvalue weighted by atomic mass is 16.4. The van der Waals surface area contributed by atoms with Gasteiger partial charge < -0.3 is 10.4 Å². The van der Waals surface area contributed by atoms with Crippen molar-refractivity contribution in [1.29, 1.82) is 0 Å². The molecular formula is C14H17NO3. The molecule has 2 N–H and O–H groups in total. The summed E-state index contributed by atoms with van der Waals surface area (Å²) in [6.07, 6.45) is 2.86. The van der Waals surface area contributed by atoms with Gasteiger partial charge in [-0.25, -0.2) is 4.79 Å². The van der Waals surface area contributed by atoms with Crippen molar-refractivity contribution < 1.29 is 14.7 Å². The molecule has 0 heterocycles. The number of carbonyl (C=O) groups is 2. The van der Waals surface area contributed by atoms with Gasteiger partial charge in [-0.05, 0) is 30.0 Å². The number of hydrogen-bond donors (Lipinski definition) is 2. The molecule has 0 bridgehead atoms. The minimum absolute atomic E-state index is 0.450. The molecule has 4 heteroatoms. The largest absolute Gasteiger partial charge is 0.478 e. The predicted molar refractivity (Wildman–Crippen MR) is 70.6 cm³/mol. The quantitative estimate of drug-likeness (QED) is 0.786. The zero-order chi connectivity index (χ0) is 13.5. The van der Waals surface area contributed by atoms with Crippen LogP contribution >= 0.6 is 0 Å². The van der Waals surface area contributed by atoms with Crippen molar-refractivity contribution in [2.24, 2.45) is 0 Å². The van der Waals surface area contributed by atoms with Crippen molar-refractivity contribution >= 4 is 17.6 Å². The van der Waals surface area contributed by atoms with Gasteiger partial charge in [0.25, 0.3) is 0 Å². The lowest BCUT2D eigenvalue weighted by Crippen LogP contribution is -2.08. The molecule has 0 aliphatic carbocycles. The fourth-order valence-corrected chi connectivity index (χ4v) is 1.46. The Kier molecular flexibility index (Phi) is 5.11. The minimum atomic E-state index is -1.14. The van der Waals surface area contributed by atoms with Crippen molar-refractivity contribution in [1.82, 2.24) is 0 Å². The predicted octanol–water partition coefficient (Wildman–Crippen LogP) is 2.78. The molecule has 1 aromatic rings. The molecule has 0 aliphatic rings. The molecule has 0 aromatic heterocycles. The van der Waals surface area contributed by atoms with Crippen molar-refractivity contribution in [2.45, 2.75) is 26.2 Å². The highest BCUT2D eigenvalue weighted by Gasteiger charge is 2.03. The number of rotatable bonds is 5. The van der Waals surface area contributed by atoms with Crippen molar-refractivity contribution in [2.75, 3.05) is 5.32 Å². The van der Waals surface area contributed by atoms with Gasteiger partial charge in [0.1, 0.15) is 0 Å². The maximum atomic E-state index is 11.3. The molecule has 4 nitrogen and oxygen atoms in total. The lowest BCUT2D eigenvalue weighted by atomic mass is 9.99. The third-order valence-electron chi connectivity index (χ3n) is 2.74. The summed E-state index contributed by atoms with van der Waals surface area (Å²) in [5.41, 5.74) is 1.87. The molecule has 96 valence electrons. The lowest BCUT2D eigenvalue weighted by molar-refractivity contribution is -0.131. The van der Waals surface area contributed by atoms with Gasteiger partial charge in [0.05, 0.1) is 0 Å². The molecule has 1 aromatic carbocycles. The smallest absolute Gasteiger partial charge is 0.328 e. The zero-order valence-corrected chi connectivity index (χ0v) is 10.5. The Morgan fingerprint density at radius 2 is 1.89 bits per heavy atom. The van der Waals surface area contributed by atoms with E-state index in [0.29, 0.717) is 11.6 Å². The maximum Gasteiger partial charge on any atom is 0.328 e. The Hall–Kier alpha value is -2.10. The monoisotopic (exact) mass is 247 g/mol. The third kappa shape index (κ3) is 4.41. The van der Waals surface area contributed by atoms with Gasteiger partial charge in [-0.2, -0.15) is 0 Å². The Morgan fingerprint density at radius 3 is 2.39 bits per heavy atom. The van der Waals surface area contributed by atoms with Gasteiger partial charge in [0, 0.05) is 17.8 Å². The van der Waals surface area contributed by atoms with Crippen LogP contribution in [0, 0.1) is 0 Å². The zero-order valence-electron chi connectivity index (χ0n) is 10.5. The number of aliphatic carboxylic acids is 1. The number of benzene rings is 1. The second-order valence-electron chi connectivity index (χ2n) is 4.09. The SMILES string of the molecule is CC[C@@H](C)c1ccc(NC(=O)/C=C/C(=O)O)cc1. The fraction of sp³-hybridized carbons (Fsp3) is 0.286. The summed E-state index contributed by atoms with van der Waals surface area (Å²) < 4.78 is 0. The van der Waals surface area contributed by atoms with Gasteiger partial charge in [-0.3, -0.25) is 4.79 Å². The summed E-state index contributed by atoms with van der Waals surface area (Å²) in [6.45, 7) is 4.26. The van der Waals surface area contributed by atoms with Crippen LogP contribution in [0.2, 0.25) is 0 Å². The van der Waals surface area contributed by atoms with Crippen LogP contribution in [0.5, 0.6) is 0 Å². The Labute approximate surface area is 106 Å². The molecule has 0 spiro atoms. The molecule has 0 saturated heterocycles. The van der Waals surface area contributed by atoms with Crippen LogP contribution in [0.25, 0.3) is 0 Å². The van der Waals surface area contributed by atoms with Gasteiger partial charge in [0.2, 0.25) is 5.91 Å². The van der Waals surface area contributed by atoms with Gasteiger partial charge >= 0.3 is 5.97 Å². The number of hydrogen-bond acceptors (Lipinski definition) is 2. The van der Waals surface area contributed by atoms with E-state index in [1.807, 2.05) is 24.3 Å². The van der Waals surface area contributed by atoms with Gasteiger partial charge in [0.15, 0.2) is 0 Å². The second-order valence-corrected chi connectivity index (χ2v) is 4.09. The second kappa shape index (κ2) is 6.59. The average Bonchev–Trinajstić information content (AvgIpc) is 2.36. The fourth-order valence-electron chi connectivity index (χ4n) is 1.46. The highest BCUT2D eigenvalue weighted by Crippen LogP contribution is 2.20. The minimum Gasteiger partial charge on any atom is -0.478 e. The molecule has 0 saturated carbocycles. The summed E-state index contributed by atoms with van der Waals surface area (Å²) in [5, 5.41) is 11.0. The van der Waals surface area contributed by atoms with Crippen LogP contribution in [-0.4, -0.2) is 17.0 Å². The molecule has 1 atom stereocenters. The average molecular weight is 247 g/mol. The first-order chi connectivity index (χ1) is 8.52. The van der Waals surface area contributed by atoms with E-state index >= 15 is 0 Å². The molecule has 0 radical (unpaired) electrons. The van der Waals surface area contributed by atoms with Crippen LogP contribution in [0.15, 0.2) is 36.4 Å². The Bertz CT molecular complexity index is 449. The van der Waals surface area contributed by atoms with E-state index < -0.39 is 11.9 Å². The van der Waals surface area contributed by atoms with Gasteiger partial charge in [-0.15, -0.1) is 0 Å². The molecule has 1 rings (SSSR count). The summed E-state index contributed by atoms with van der Waals surface area (Å²) >= 11 is 0. The maximum absolute atomic E-state index is 11.3. The lowest BCUT2D eigenvalue weighted by Gasteiger charge is -2.09. The summed E-state index contributed by atoms with van der Waals surface area (Å²) in [4.78, 5) is 21.6. The van der Waals surface area contributed by atoms with E-state index in [1.54, 1.807) is 0 Å². The molecule has 0 aliphatic heterocycles. The van der Waals surface area contributed by atoms with Crippen LogP contribution < -0.4 is 5.32 Å². The number of amides is 1. The van der Waals surface area contributed by atoms with E-state index in [4.69, 9.17) is 5.11 Å². The molecular weight excluding hydrogens is 230 g/mol. The van der Waals surface area contributed by atoms with Crippen molar-refractivity contribution in [3.8, 4) is 0 Å². The van der Waals surface area contributed by atoms with Crippen molar-refractivity contribution in [3.05, 3.63) is 42.0 Å². The summed E-state index contributed by atoms with van der Waals surface area (Å²) in [5.74, 6) is -1.10. The van der Waals surface area contributed by atoms with Crippen LogP contribution in [0.3, 0.4) is 0 Å². The number of carboxylic acids is 1. The molecule has 1 amide bonds. The molecule has 0 unspecified atom stereocenters. The first-order valence-corrected chi connectivity index (χ1v) is 5.85. The van der Waals surface area contributed by atoms with Crippen LogP contribution in [-0.2, 0) is 9.59 Å². The van der Waals surface area contributed by atoms with Gasteiger partial charge in [-0.1, -0.05) is 26.0 Å². The van der Waals surface area contributed by atoms with Crippen molar-refractivity contribution in [3.63, 3.8) is 0 Å². The number of carbonyl (C=O) groups excluding carboxylic acids is 1. The van der Waals surface area contributed by atoms with E-state index in [0.717, 1.165) is 18.6 Å². The third-order valence-corrected chi connectivity index (χ3v) is 2.74. The standard InChI is InChI=1S/C14H17NO3/c1-3-10(2)11-4-6-12(7-5-11)15-13(16)8-9-14(17)18/h4-10H,3H2,1-2H3,(H,15,16)(H,17,18)/b9-8+/t10-/m1/s1. The van der Waals surface area contributed by atoms with E-state index in [2.05, 4.69) is 19.2 Å². The van der Waals surface area contributed by atoms with Crippen LogP contribution in [0.1, 0.15) is 31.7 Å². The topological polar surface area (TPSA) is 66.4 Å². The summed E-state index contributed by atoms with van der Waals surface area (Å²) in [7, 11) is 0. The molecule has 18 heavy (non-hydrogen) atoms. The van der Waals surface area contributed by atoms with Crippen LogP contribution in [0.4, 0.5) is 5.69 Å². The first kappa shape index (κ1) is 14.0. The Balaban J connectivity index is 2.64. The van der Waals surface area contributed by atoms with E-state index in [9.17, 15) is 9.59 Å². The number of nitrogens with one attached hydrogen (secondary N) is 1. The highest BCUT2D eigenvalue weighted by molar-refractivity contribution is 6.02. The summed E-state index contributed by atoms with van der Waals surface area (Å²) in [6, 6.07) is 7.55. The molecule has 0 fully saturated rings. The first-order valence-electron chi connectivity index (χ1n) is 5.85. The number of anilines is 1. The number of carboxylic acid groups (broad SMARTS) is 1. The Morgan fingerprint density at radius 1 is 1.28 bits per heavy atom. The normalized spacial score (nSPS) is 12.3. The van der Waals surface area contributed by atoms with E-state index in [1.165, 1.54) is 5.56 Å².